The van der Waals surface area contributed by atoms with E-state index in [-0.39, 0.29) is 28.2 Å². The lowest BCUT2D eigenvalue weighted by Gasteiger charge is -2.38. The second-order valence-electron chi connectivity index (χ2n) is 5.38. The zero-order valence-corrected chi connectivity index (χ0v) is 13.1. The van der Waals surface area contributed by atoms with Gasteiger partial charge in [-0.15, -0.1) is 0 Å². The van der Waals surface area contributed by atoms with Gasteiger partial charge in [0.2, 0.25) is 10.0 Å². The first-order valence-electron chi connectivity index (χ1n) is 7.06. The molecular formula is C14H18ClNO4S. The van der Waals surface area contributed by atoms with Gasteiger partial charge in [-0.3, -0.25) is 0 Å². The summed E-state index contributed by atoms with van der Waals surface area (Å²) in [5.74, 6) is 0. The van der Waals surface area contributed by atoms with Crippen LogP contribution in [0.1, 0.15) is 19.3 Å². The van der Waals surface area contributed by atoms with Gasteiger partial charge in [-0.25, -0.2) is 13.1 Å². The van der Waals surface area contributed by atoms with Gasteiger partial charge in [-0.2, -0.15) is 0 Å². The van der Waals surface area contributed by atoms with E-state index in [1.807, 2.05) is 0 Å². The van der Waals surface area contributed by atoms with Gasteiger partial charge in [0, 0.05) is 6.04 Å². The van der Waals surface area contributed by atoms with Crippen LogP contribution < -0.4 is 4.72 Å². The fraction of sp³-hybridized carbons (Fsp3) is 0.571. The van der Waals surface area contributed by atoms with Crippen LogP contribution in [0.25, 0.3) is 0 Å². The quantitative estimate of drug-likeness (QED) is 0.919. The largest absolute Gasteiger partial charge is 0.373 e. The fourth-order valence-corrected chi connectivity index (χ4v) is 4.72. The Morgan fingerprint density at radius 2 is 1.81 bits per heavy atom. The number of halogens is 1. The number of rotatable bonds is 3. The summed E-state index contributed by atoms with van der Waals surface area (Å²) in [6.45, 7) is 1.20. The minimum atomic E-state index is -3.61. The van der Waals surface area contributed by atoms with E-state index in [4.69, 9.17) is 21.1 Å². The van der Waals surface area contributed by atoms with Crippen molar-refractivity contribution in [1.29, 1.82) is 0 Å². The van der Waals surface area contributed by atoms with Gasteiger partial charge in [-0.05, 0) is 31.4 Å². The average Bonchev–Trinajstić information content (AvgIpc) is 2.47. The molecule has 0 bridgehead atoms. The Morgan fingerprint density at radius 1 is 1.10 bits per heavy atom. The van der Waals surface area contributed by atoms with Crippen LogP contribution in [0.5, 0.6) is 0 Å². The number of fused-ring (bicyclic) bond motifs is 1. The molecular weight excluding hydrogens is 314 g/mol. The summed E-state index contributed by atoms with van der Waals surface area (Å²) in [6.07, 6.45) is 2.26. The Labute approximate surface area is 129 Å². The Balaban J connectivity index is 1.70. The molecule has 2 fully saturated rings. The van der Waals surface area contributed by atoms with Gasteiger partial charge in [0.25, 0.3) is 0 Å². The maximum absolute atomic E-state index is 12.4. The van der Waals surface area contributed by atoms with Crippen molar-refractivity contribution in [3.8, 4) is 0 Å². The minimum absolute atomic E-state index is 0.0218. The molecule has 0 radical (unpaired) electrons. The highest BCUT2D eigenvalue weighted by atomic mass is 35.5. The van der Waals surface area contributed by atoms with E-state index < -0.39 is 10.0 Å². The lowest BCUT2D eigenvalue weighted by molar-refractivity contribution is -0.156. The highest BCUT2D eigenvalue weighted by Gasteiger charge is 2.36. The van der Waals surface area contributed by atoms with Crippen molar-refractivity contribution in [3.63, 3.8) is 0 Å². The van der Waals surface area contributed by atoms with Crippen LogP contribution in [-0.2, 0) is 19.5 Å². The standard InChI is InChI=1S/C14H18ClNO4S/c15-11-3-1-2-4-14(11)21(17,18)16-10-5-6-12-13(9-10)20-8-7-19-12/h1-4,10,12-13,16H,5-9H2/t10-,12+,13+/m1/s1. The van der Waals surface area contributed by atoms with Gasteiger partial charge in [0.1, 0.15) is 4.90 Å². The van der Waals surface area contributed by atoms with Crippen LogP contribution in [0.15, 0.2) is 29.2 Å². The number of sulfonamides is 1. The SMILES string of the molecule is O=S(=O)(N[C@@H]1CC[C@@H]2OCCO[C@H]2C1)c1ccccc1Cl. The van der Waals surface area contributed by atoms with E-state index in [2.05, 4.69) is 4.72 Å². The van der Waals surface area contributed by atoms with Crippen molar-refractivity contribution in [2.24, 2.45) is 0 Å². The van der Waals surface area contributed by atoms with Crippen LogP contribution in [0, 0.1) is 0 Å². The van der Waals surface area contributed by atoms with Crippen LogP contribution in [0.3, 0.4) is 0 Å². The lowest BCUT2D eigenvalue weighted by atomic mass is 9.90. The van der Waals surface area contributed by atoms with E-state index in [1.165, 1.54) is 6.07 Å². The predicted octanol–water partition coefficient (Wildman–Crippen LogP) is 1.95. The number of hydrogen-bond donors (Lipinski definition) is 1. The van der Waals surface area contributed by atoms with Gasteiger partial charge in [0.05, 0.1) is 30.4 Å². The van der Waals surface area contributed by atoms with Gasteiger partial charge in [0.15, 0.2) is 0 Å². The Morgan fingerprint density at radius 3 is 2.57 bits per heavy atom. The fourth-order valence-electron chi connectivity index (χ4n) is 2.92. The summed E-state index contributed by atoms with van der Waals surface area (Å²) in [6, 6.07) is 6.31. The Kier molecular flexibility index (Phi) is 4.51. The molecule has 1 saturated carbocycles. The Hall–Kier alpha value is -0.660. The molecule has 1 aromatic carbocycles. The second-order valence-corrected chi connectivity index (χ2v) is 7.47. The molecule has 2 aliphatic rings. The topological polar surface area (TPSA) is 64.6 Å². The first-order chi connectivity index (χ1) is 10.1. The molecule has 1 heterocycles. The third kappa shape index (κ3) is 3.40. The van der Waals surface area contributed by atoms with Crippen molar-refractivity contribution < 1.29 is 17.9 Å². The molecule has 0 spiro atoms. The predicted molar refractivity (Wildman–Crippen MR) is 78.9 cm³/mol. The van der Waals surface area contributed by atoms with Crippen molar-refractivity contribution in [1.82, 2.24) is 4.72 Å². The molecule has 0 aromatic heterocycles. The Bertz CT molecular complexity index is 607. The molecule has 0 amide bonds. The van der Waals surface area contributed by atoms with E-state index in [9.17, 15) is 8.42 Å². The normalized spacial score (nSPS) is 29.9. The number of nitrogens with one attached hydrogen (secondary N) is 1. The van der Waals surface area contributed by atoms with Crippen molar-refractivity contribution in [2.45, 2.75) is 42.4 Å². The van der Waals surface area contributed by atoms with E-state index >= 15 is 0 Å². The summed E-state index contributed by atoms with van der Waals surface area (Å²) in [5, 5.41) is 0.232. The van der Waals surface area contributed by atoms with Gasteiger partial charge in [-0.1, -0.05) is 23.7 Å². The molecule has 21 heavy (non-hydrogen) atoms. The third-order valence-corrected chi connectivity index (χ3v) is 5.95. The molecule has 1 aliphatic heterocycles. The average molecular weight is 332 g/mol. The molecule has 116 valence electrons. The second kappa shape index (κ2) is 6.22. The van der Waals surface area contributed by atoms with Crippen LogP contribution in [0.2, 0.25) is 5.02 Å². The molecule has 1 N–H and O–H groups in total. The van der Waals surface area contributed by atoms with E-state index in [0.29, 0.717) is 19.6 Å². The summed E-state index contributed by atoms with van der Waals surface area (Å²) < 4.78 is 38.9. The van der Waals surface area contributed by atoms with Crippen LogP contribution in [-0.4, -0.2) is 39.9 Å². The highest BCUT2D eigenvalue weighted by Crippen LogP contribution is 2.28. The van der Waals surface area contributed by atoms with Crippen LogP contribution >= 0.6 is 11.6 Å². The zero-order chi connectivity index (χ0) is 14.9. The first-order valence-corrected chi connectivity index (χ1v) is 8.92. The van der Waals surface area contributed by atoms with Crippen molar-refractivity contribution in [3.05, 3.63) is 29.3 Å². The number of benzene rings is 1. The molecule has 1 aromatic rings. The van der Waals surface area contributed by atoms with Crippen LogP contribution in [0.4, 0.5) is 0 Å². The molecule has 1 saturated heterocycles. The maximum Gasteiger partial charge on any atom is 0.242 e. The zero-order valence-electron chi connectivity index (χ0n) is 11.5. The molecule has 3 rings (SSSR count). The van der Waals surface area contributed by atoms with Gasteiger partial charge >= 0.3 is 0 Å². The molecule has 1 aliphatic carbocycles. The summed E-state index contributed by atoms with van der Waals surface area (Å²) in [4.78, 5) is 0.120. The number of ether oxygens (including phenoxy) is 2. The maximum atomic E-state index is 12.4. The van der Waals surface area contributed by atoms with E-state index in [1.54, 1.807) is 18.2 Å². The molecule has 3 atom stereocenters. The van der Waals surface area contributed by atoms with Crippen molar-refractivity contribution in [2.75, 3.05) is 13.2 Å². The third-order valence-electron chi connectivity index (χ3n) is 3.93. The van der Waals surface area contributed by atoms with Gasteiger partial charge < -0.3 is 9.47 Å². The molecule has 0 unspecified atom stereocenters. The lowest BCUT2D eigenvalue weighted by Crippen LogP contribution is -2.49. The molecule has 7 heteroatoms. The summed E-state index contributed by atoms with van der Waals surface area (Å²) in [7, 11) is -3.61. The van der Waals surface area contributed by atoms with Crippen molar-refractivity contribution >= 4 is 21.6 Å². The summed E-state index contributed by atoms with van der Waals surface area (Å²) >= 11 is 5.97. The van der Waals surface area contributed by atoms with E-state index in [0.717, 1.165) is 12.8 Å². The minimum Gasteiger partial charge on any atom is -0.373 e. The smallest absolute Gasteiger partial charge is 0.242 e. The highest BCUT2D eigenvalue weighted by molar-refractivity contribution is 7.89. The first kappa shape index (κ1) is 15.2. The molecule has 5 nitrogen and oxygen atoms in total. The summed E-state index contributed by atoms with van der Waals surface area (Å²) in [5.41, 5.74) is 0. The monoisotopic (exact) mass is 331 g/mol. The number of hydrogen-bond acceptors (Lipinski definition) is 4.